The first-order valence-corrected chi connectivity index (χ1v) is 15.1. The van der Waals surface area contributed by atoms with Gasteiger partial charge in [-0.05, 0) is 91.8 Å². The van der Waals surface area contributed by atoms with E-state index in [4.69, 9.17) is 4.18 Å². The van der Waals surface area contributed by atoms with E-state index in [-0.39, 0.29) is 11.3 Å². The molecule has 0 bridgehead atoms. The van der Waals surface area contributed by atoms with E-state index in [9.17, 15) is 18.1 Å². The minimum absolute atomic E-state index is 0.255. The zero-order valence-electron chi connectivity index (χ0n) is 21.5. The molecule has 10 atom stereocenters. The van der Waals surface area contributed by atoms with E-state index in [0.717, 1.165) is 37.0 Å². The zero-order valence-corrected chi connectivity index (χ0v) is 22.3. The molecule has 4 aliphatic rings. The molecule has 0 radical (unpaired) electrons. The van der Waals surface area contributed by atoms with Crippen LogP contribution in [0.15, 0.2) is 0 Å². The van der Waals surface area contributed by atoms with Crippen molar-refractivity contribution < 1.29 is 22.3 Å². The predicted molar refractivity (Wildman–Crippen MR) is 131 cm³/mol. The molecule has 5 nitrogen and oxygen atoms in total. The van der Waals surface area contributed by atoms with E-state index < -0.39 is 22.6 Å². The van der Waals surface area contributed by atoms with Crippen LogP contribution in [0, 0.1) is 52.3 Å². The molecule has 0 aromatic rings. The normalized spacial score (nSPS) is 46.5. The van der Waals surface area contributed by atoms with Crippen molar-refractivity contribution in [1.29, 1.82) is 0 Å². The lowest BCUT2D eigenvalue weighted by molar-refractivity contribution is -0.175. The van der Waals surface area contributed by atoms with Gasteiger partial charge in [-0.1, -0.05) is 53.9 Å². The number of fused-ring (bicyclic) bond motifs is 5. The highest BCUT2D eigenvalue weighted by Gasteiger charge is 2.63. The molecule has 2 N–H and O–H groups in total. The number of hydrogen-bond donors (Lipinski definition) is 2. The Hall–Kier alpha value is -0.170. The van der Waals surface area contributed by atoms with Gasteiger partial charge in [0.05, 0.1) is 12.2 Å². The van der Waals surface area contributed by atoms with Crippen molar-refractivity contribution in [2.45, 2.75) is 117 Å². The highest BCUT2D eigenvalue weighted by atomic mass is 32.3. The Morgan fingerprint density at radius 1 is 0.970 bits per heavy atom. The van der Waals surface area contributed by atoms with Crippen LogP contribution in [0.2, 0.25) is 0 Å². The molecule has 0 amide bonds. The number of aliphatic hydroxyl groups is 1. The SMILES string of the molecule is CC(C)CCC[C@@H](C)[C@H]1CC[C@H]2[C@H]3CC[C@@H]4C[C@H](O)CC(OS(=O)(=O)O)[C@]4(C)[C@H]3CC[C@]12C. The molecule has 33 heavy (non-hydrogen) atoms. The summed E-state index contributed by atoms with van der Waals surface area (Å²) in [6.45, 7) is 11.9. The van der Waals surface area contributed by atoms with Gasteiger partial charge in [-0.15, -0.1) is 0 Å². The second kappa shape index (κ2) is 9.37. The van der Waals surface area contributed by atoms with E-state index in [0.29, 0.717) is 29.6 Å². The third-order valence-corrected chi connectivity index (χ3v) is 11.6. The van der Waals surface area contributed by atoms with E-state index in [1.165, 1.54) is 44.9 Å². The molecule has 0 aromatic heterocycles. The fourth-order valence-corrected chi connectivity index (χ4v) is 10.2. The Labute approximate surface area is 202 Å². The highest BCUT2D eigenvalue weighted by molar-refractivity contribution is 7.80. The van der Waals surface area contributed by atoms with Crippen molar-refractivity contribution in [3.05, 3.63) is 0 Å². The van der Waals surface area contributed by atoms with Crippen molar-refractivity contribution >= 4 is 10.4 Å². The number of rotatable bonds is 7. The Bertz CT molecular complexity index is 796. The molecule has 0 spiro atoms. The fourth-order valence-electron chi connectivity index (χ4n) is 9.58. The van der Waals surface area contributed by atoms with Gasteiger partial charge in [-0.25, -0.2) is 4.18 Å². The van der Waals surface area contributed by atoms with Crippen LogP contribution in [0.3, 0.4) is 0 Å². The molecule has 4 saturated carbocycles. The van der Waals surface area contributed by atoms with Crippen molar-refractivity contribution in [1.82, 2.24) is 0 Å². The van der Waals surface area contributed by atoms with Crippen LogP contribution < -0.4 is 0 Å². The third kappa shape index (κ3) is 4.80. The summed E-state index contributed by atoms with van der Waals surface area (Å²) in [7, 11) is -4.55. The maximum absolute atomic E-state index is 11.7. The van der Waals surface area contributed by atoms with Crippen LogP contribution in [0.1, 0.15) is 105 Å². The summed E-state index contributed by atoms with van der Waals surface area (Å²) in [6.07, 6.45) is 11.0. The first-order chi connectivity index (χ1) is 15.4. The van der Waals surface area contributed by atoms with Crippen molar-refractivity contribution in [2.75, 3.05) is 0 Å². The zero-order chi connectivity index (χ0) is 24.2. The van der Waals surface area contributed by atoms with E-state index in [1.807, 2.05) is 0 Å². The van der Waals surface area contributed by atoms with Gasteiger partial charge < -0.3 is 5.11 Å². The first-order valence-electron chi connectivity index (χ1n) is 13.7. The lowest BCUT2D eigenvalue weighted by Crippen LogP contribution is -2.60. The van der Waals surface area contributed by atoms with E-state index in [1.54, 1.807) is 0 Å². The average Bonchev–Trinajstić information content (AvgIpc) is 3.05. The van der Waals surface area contributed by atoms with Gasteiger partial charge in [0.2, 0.25) is 0 Å². The van der Waals surface area contributed by atoms with Crippen LogP contribution in [0.4, 0.5) is 0 Å². The van der Waals surface area contributed by atoms with Gasteiger partial charge in [0, 0.05) is 11.8 Å². The summed E-state index contributed by atoms with van der Waals surface area (Å²) in [4.78, 5) is 0. The standard InChI is InChI=1S/C27H48O5S/c1-17(2)7-6-8-18(3)22-11-12-23-21-10-9-19-15-20(28)16-25(32-33(29,30)31)27(19,5)24(21)13-14-26(22,23)4/h17-25,28H,6-16H2,1-5H3,(H,29,30,31)/t18-,19-,20+,21-,22-,23+,24+,25?,26-,27+/m1/s1. The second-order valence-electron chi connectivity index (χ2n) is 13.2. The Balaban J connectivity index is 1.54. The fraction of sp³-hybridized carbons (Fsp3) is 1.00. The largest absolute Gasteiger partial charge is 0.397 e. The molecular weight excluding hydrogens is 436 g/mol. The van der Waals surface area contributed by atoms with Crippen molar-refractivity contribution in [2.24, 2.45) is 52.3 Å². The first kappa shape index (κ1) is 25.9. The minimum Gasteiger partial charge on any atom is -0.393 e. The van der Waals surface area contributed by atoms with Crippen LogP contribution in [-0.4, -0.2) is 30.3 Å². The number of aliphatic hydroxyl groups excluding tert-OH is 1. The minimum atomic E-state index is -4.55. The molecule has 192 valence electrons. The summed E-state index contributed by atoms with van der Waals surface area (Å²) in [5.74, 6) is 4.30. The quantitative estimate of drug-likeness (QED) is 0.416. The Morgan fingerprint density at radius 3 is 2.36 bits per heavy atom. The lowest BCUT2D eigenvalue weighted by atomic mass is 9.43. The smallest absolute Gasteiger partial charge is 0.393 e. The molecule has 4 fully saturated rings. The van der Waals surface area contributed by atoms with Crippen LogP contribution in [0.25, 0.3) is 0 Å². The number of hydrogen-bond acceptors (Lipinski definition) is 4. The van der Waals surface area contributed by atoms with Gasteiger partial charge in [0.25, 0.3) is 0 Å². The molecule has 4 rings (SSSR count). The molecule has 1 unspecified atom stereocenters. The summed E-state index contributed by atoms with van der Waals surface area (Å²) in [6, 6.07) is 0. The van der Waals surface area contributed by atoms with Crippen LogP contribution in [-0.2, 0) is 14.6 Å². The van der Waals surface area contributed by atoms with E-state index in [2.05, 4.69) is 34.6 Å². The predicted octanol–water partition coefficient (Wildman–Crippen LogP) is 6.27. The summed E-state index contributed by atoms with van der Waals surface area (Å²) in [5, 5.41) is 10.5. The maximum atomic E-state index is 11.7. The van der Waals surface area contributed by atoms with Crippen LogP contribution in [0.5, 0.6) is 0 Å². The summed E-state index contributed by atoms with van der Waals surface area (Å²) < 4.78 is 38.2. The highest BCUT2D eigenvalue weighted by Crippen LogP contribution is 2.68. The van der Waals surface area contributed by atoms with Crippen LogP contribution >= 0.6 is 0 Å². The molecule has 4 aliphatic carbocycles. The maximum Gasteiger partial charge on any atom is 0.397 e. The molecule has 0 saturated heterocycles. The lowest BCUT2D eigenvalue weighted by Gasteiger charge is -2.62. The van der Waals surface area contributed by atoms with Gasteiger partial charge >= 0.3 is 10.4 Å². The van der Waals surface area contributed by atoms with E-state index >= 15 is 0 Å². The molecule has 0 heterocycles. The topological polar surface area (TPSA) is 83.8 Å². The van der Waals surface area contributed by atoms with Gasteiger partial charge in [0.1, 0.15) is 0 Å². The molecule has 6 heteroatoms. The van der Waals surface area contributed by atoms with Crippen molar-refractivity contribution in [3.63, 3.8) is 0 Å². The van der Waals surface area contributed by atoms with Gasteiger partial charge in [-0.3, -0.25) is 4.55 Å². The monoisotopic (exact) mass is 484 g/mol. The third-order valence-electron chi connectivity index (χ3n) is 11.1. The Kier molecular flexibility index (Phi) is 7.35. The Morgan fingerprint density at radius 2 is 1.70 bits per heavy atom. The van der Waals surface area contributed by atoms with Crippen molar-refractivity contribution in [3.8, 4) is 0 Å². The molecule has 0 aromatic carbocycles. The molecule has 0 aliphatic heterocycles. The second-order valence-corrected chi connectivity index (χ2v) is 14.2. The van der Waals surface area contributed by atoms with Gasteiger partial charge in [-0.2, -0.15) is 8.42 Å². The summed E-state index contributed by atoms with van der Waals surface area (Å²) >= 11 is 0. The molecular formula is C27H48O5S. The summed E-state index contributed by atoms with van der Waals surface area (Å²) in [5.41, 5.74) is 0.0788. The van der Waals surface area contributed by atoms with Gasteiger partial charge in [0.15, 0.2) is 0 Å². The average molecular weight is 485 g/mol.